The normalized spacial score (nSPS) is 25.6. The highest BCUT2D eigenvalue weighted by atomic mass is 16.7. The summed E-state index contributed by atoms with van der Waals surface area (Å²) in [5, 5.41) is 3.69. The number of para-hydroxylation sites is 1. The molecule has 1 aliphatic carbocycles. The van der Waals surface area contributed by atoms with E-state index in [1.165, 1.54) is 31.2 Å². The Kier molecular flexibility index (Phi) is 3.41. The molecular formula is C15H21NO2. The maximum Gasteiger partial charge on any atom is 0.231 e. The maximum atomic E-state index is 5.54. The third-order valence-electron chi connectivity index (χ3n) is 4.22. The van der Waals surface area contributed by atoms with Gasteiger partial charge in [0.15, 0.2) is 11.5 Å². The van der Waals surface area contributed by atoms with Gasteiger partial charge in [-0.2, -0.15) is 0 Å². The van der Waals surface area contributed by atoms with E-state index >= 15 is 0 Å². The quantitative estimate of drug-likeness (QED) is 0.887. The molecule has 0 bridgehead atoms. The summed E-state index contributed by atoms with van der Waals surface area (Å²) in [4.78, 5) is 0. The van der Waals surface area contributed by atoms with Crippen molar-refractivity contribution in [3.63, 3.8) is 0 Å². The molecular weight excluding hydrogens is 226 g/mol. The lowest BCUT2D eigenvalue weighted by atomic mass is 10.0. The first kappa shape index (κ1) is 11.8. The fraction of sp³-hybridized carbons (Fsp3) is 0.600. The highest BCUT2D eigenvalue weighted by Crippen LogP contribution is 2.35. The minimum Gasteiger partial charge on any atom is -0.454 e. The molecule has 1 aliphatic heterocycles. The summed E-state index contributed by atoms with van der Waals surface area (Å²) >= 11 is 0. The minimum absolute atomic E-state index is 0.355. The molecule has 1 heterocycles. The van der Waals surface area contributed by atoms with Crippen molar-refractivity contribution in [2.75, 3.05) is 6.79 Å². The van der Waals surface area contributed by atoms with Crippen LogP contribution in [0, 0.1) is 5.92 Å². The average Bonchev–Trinajstić information content (AvgIpc) is 3.04. The highest BCUT2D eigenvalue weighted by molar-refractivity contribution is 5.48. The summed E-state index contributed by atoms with van der Waals surface area (Å²) in [7, 11) is 0. The number of fused-ring (bicyclic) bond motifs is 1. The molecule has 0 saturated heterocycles. The Hall–Kier alpha value is -1.22. The van der Waals surface area contributed by atoms with E-state index in [1.54, 1.807) is 0 Å². The monoisotopic (exact) mass is 247 g/mol. The molecule has 2 aliphatic rings. The predicted molar refractivity (Wildman–Crippen MR) is 70.8 cm³/mol. The molecule has 1 aromatic carbocycles. The molecule has 2 unspecified atom stereocenters. The van der Waals surface area contributed by atoms with Gasteiger partial charge >= 0.3 is 0 Å². The first-order valence-corrected chi connectivity index (χ1v) is 6.99. The molecule has 1 saturated carbocycles. The molecule has 0 amide bonds. The summed E-state index contributed by atoms with van der Waals surface area (Å²) < 4.78 is 10.9. The predicted octanol–water partition coefficient (Wildman–Crippen LogP) is 3.08. The first-order valence-electron chi connectivity index (χ1n) is 6.99. The van der Waals surface area contributed by atoms with Gasteiger partial charge < -0.3 is 14.8 Å². The summed E-state index contributed by atoms with van der Waals surface area (Å²) in [6.45, 7) is 3.53. The zero-order valence-electron chi connectivity index (χ0n) is 10.9. The Bertz CT molecular complexity index is 419. The van der Waals surface area contributed by atoms with Gasteiger partial charge in [-0.05, 0) is 24.8 Å². The zero-order chi connectivity index (χ0) is 12.4. The summed E-state index contributed by atoms with van der Waals surface area (Å²) in [6, 6.07) is 6.80. The highest BCUT2D eigenvalue weighted by Gasteiger charge is 2.26. The van der Waals surface area contributed by atoms with Crippen LogP contribution in [0.2, 0.25) is 0 Å². The smallest absolute Gasteiger partial charge is 0.231 e. The van der Waals surface area contributed by atoms with Crippen LogP contribution >= 0.6 is 0 Å². The summed E-state index contributed by atoms with van der Waals surface area (Å²) in [5.41, 5.74) is 1.21. The molecule has 0 radical (unpaired) electrons. The molecule has 2 atom stereocenters. The van der Waals surface area contributed by atoms with Crippen molar-refractivity contribution in [1.82, 2.24) is 5.32 Å². The lowest BCUT2D eigenvalue weighted by Crippen LogP contribution is -2.31. The van der Waals surface area contributed by atoms with Crippen molar-refractivity contribution in [2.24, 2.45) is 5.92 Å². The van der Waals surface area contributed by atoms with Crippen LogP contribution in [0.4, 0.5) is 0 Å². The standard InChI is InChI=1S/C15H21NO2/c1-2-11-5-3-7-13(11)16-9-12-6-4-8-14-15(12)18-10-17-14/h4,6,8,11,13,16H,2-3,5,7,9-10H2,1H3. The van der Waals surface area contributed by atoms with Gasteiger partial charge in [-0.1, -0.05) is 31.9 Å². The first-order chi connectivity index (χ1) is 8.88. The van der Waals surface area contributed by atoms with Gasteiger partial charge in [-0.15, -0.1) is 0 Å². The number of nitrogens with one attached hydrogen (secondary N) is 1. The second kappa shape index (κ2) is 5.19. The van der Waals surface area contributed by atoms with E-state index in [0.29, 0.717) is 12.8 Å². The molecule has 3 heteroatoms. The number of hydrogen-bond acceptors (Lipinski definition) is 3. The maximum absolute atomic E-state index is 5.54. The summed E-state index contributed by atoms with van der Waals surface area (Å²) in [6.07, 6.45) is 5.33. The van der Waals surface area contributed by atoms with Crippen molar-refractivity contribution in [1.29, 1.82) is 0 Å². The largest absolute Gasteiger partial charge is 0.454 e. The van der Waals surface area contributed by atoms with Crippen LogP contribution in [0.1, 0.15) is 38.2 Å². The number of benzene rings is 1. The van der Waals surface area contributed by atoms with E-state index in [4.69, 9.17) is 9.47 Å². The van der Waals surface area contributed by atoms with Gasteiger partial charge in [0, 0.05) is 18.2 Å². The van der Waals surface area contributed by atoms with Gasteiger partial charge in [0.25, 0.3) is 0 Å². The fourth-order valence-electron chi connectivity index (χ4n) is 3.17. The van der Waals surface area contributed by atoms with Gasteiger partial charge in [0.2, 0.25) is 6.79 Å². The fourth-order valence-corrected chi connectivity index (χ4v) is 3.17. The molecule has 98 valence electrons. The summed E-state index contributed by atoms with van der Waals surface area (Å²) in [5.74, 6) is 2.66. The second-order valence-corrected chi connectivity index (χ2v) is 5.24. The van der Waals surface area contributed by atoms with Gasteiger partial charge in [0.05, 0.1) is 0 Å². The Labute approximate surface area is 108 Å². The van der Waals surface area contributed by atoms with E-state index < -0.39 is 0 Å². The van der Waals surface area contributed by atoms with Gasteiger partial charge in [-0.3, -0.25) is 0 Å². The number of rotatable bonds is 4. The Morgan fingerprint density at radius 2 is 2.22 bits per heavy atom. The molecule has 18 heavy (non-hydrogen) atoms. The van der Waals surface area contributed by atoms with E-state index in [9.17, 15) is 0 Å². The van der Waals surface area contributed by atoms with Crippen LogP contribution in [0.25, 0.3) is 0 Å². The van der Waals surface area contributed by atoms with Crippen LogP contribution in [-0.2, 0) is 6.54 Å². The van der Waals surface area contributed by atoms with Gasteiger partial charge in [-0.25, -0.2) is 0 Å². The Balaban J connectivity index is 1.65. The Morgan fingerprint density at radius 3 is 3.11 bits per heavy atom. The van der Waals surface area contributed by atoms with Crippen LogP contribution in [0.5, 0.6) is 11.5 Å². The molecule has 1 aromatic rings. The van der Waals surface area contributed by atoms with Crippen LogP contribution in [0.15, 0.2) is 18.2 Å². The van der Waals surface area contributed by atoms with Gasteiger partial charge in [0.1, 0.15) is 0 Å². The van der Waals surface area contributed by atoms with Crippen LogP contribution < -0.4 is 14.8 Å². The lowest BCUT2D eigenvalue weighted by Gasteiger charge is -2.20. The van der Waals surface area contributed by atoms with Crippen molar-refractivity contribution < 1.29 is 9.47 Å². The molecule has 1 fully saturated rings. The lowest BCUT2D eigenvalue weighted by molar-refractivity contribution is 0.173. The number of hydrogen-bond donors (Lipinski definition) is 1. The SMILES string of the molecule is CCC1CCCC1NCc1cccc2c1OCO2. The third-order valence-corrected chi connectivity index (χ3v) is 4.22. The number of ether oxygens (including phenoxy) is 2. The van der Waals surface area contributed by atoms with Crippen LogP contribution in [-0.4, -0.2) is 12.8 Å². The average molecular weight is 247 g/mol. The van der Waals surface area contributed by atoms with Crippen molar-refractivity contribution >= 4 is 0 Å². The third kappa shape index (κ3) is 2.19. The van der Waals surface area contributed by atoms with E-state index in [-0.39, 0.29) is 0 Å². The Morgan fingerprint density at radius 1 is 1.28 bits per heavy atom. The molecule has 0 aromatic heterocycles. The molecule has 1 N–H and O–H groups in total. The second-order valence-electron chi connectivity index (χ2n) is 5.24. The van der Waals surface area contributed by atoms with Crippen molar-refractivity contribution in [3.8, 4) is 11.5 Å². The molecule has 3 rings (SSSR count). The molecule has 0 spiro atoms. The van der Waals surface area contributed by atoms with Crippen LogP contribution in [0.3, 0.4) is 0 Å². The van der Waals surface area contributed by atoms with E-state index in [2.05, 4.69) is 18.3 Å². The topological polar surface area (TPSA) is 30.5 Å². The van der Waals surface area contributed by atoms with Crippen molar-refractivity contribution in [2.45, 2.75) is 45.2 Å². The van der Waals surface area contributed by atoms with E-state index in [1.807, 2.05) is 12.1 Å². The van der Waals surface area contributed by atoms with E-state index in [0.717, 1.165) is 24.0 Å². The minimum atomic E-state index is 0.355. The zero-order valence-corrected chi connectivity index (χ0v) is 10.9. The van der Waals surface area contributed by atoms with Crippen molar-refractivity contribution in [3.05, 3.63) is 23.8 Å². The molecule has 3 nitrogen and oxygen atoms in total.